The zero-order valence-corrected chi connectivity index (χ0v) is 13.0. The fourth-order valence-electron chi connectivity index (χ4n) is 3.14. The van der Waals surface area contributed by atoms with Crippen molar-refractivity contribution in [2.24, 2.45) is 5.92 Å². The van der Waals surface area contributed by atoms with Gasteiger partial charge in [-0.15, -0.1) is 0 Å². The maximum Gasteiger partial charge on any atom is 0.308 e. The van der Waals surface area contributed by atoms with Gasteiger partial charge in [0, 0.05) is 6.61 Å². The number of rotatable bonds is 4. The molecule has 4 heteroatoms. The summed E-state index contributed by atoms with van der Waals surface area (Å²) in [6.45, 7) is 4.62. The van der Waals surface area contributed by atoms with Gasteiger partial charge in [-0.1, -0.05) is 30.3 Å². The Morgan fingerprint density at radius 2 is 2.10 bits per heavy atom. The molecule has 1 saturated heterocycles. The monoisotopic (exact) mass is 292 g/mol. The summed E-state index contributed by atoms with van der Waals surface area (Å²) in [5.41, 5.74) is -0.741. The predicted molar refractivity (Wildman–Crippen MR) is 79.7 cm³/mol. The van der Waals surface area contributed by atoms with Crippen LogP contribution in [-0.2, 0) is 19.9 Å². The quantitative estimate of drug-likeness (QED) is 0.867. The summed E-state index contributed by atoms with van der Waals surface area (Å²) in [5, 5.41) is 11.3. The van der Waals surface area contributed by atoms with Gasteiger partial charge in [0.1, 0.15) is 5.60 Å². The summed E-state index contributed by atoms with van der Waals surface area (Å²) in [4.78, 5) is 11.8. The SMILES string of the molecule is COC(=O)CC(O)(c1ccccc1)C1CCOC(C)(C)C1. The third-order valence-electron chi connectivity index (χ3n) is 4.29. The number of methoxy groups -OCH3 is 1. The lowest BCUT2D eigenvalue weighted by Crippen LogP contribution is -2.45. The minimum absolute atomic E-state index is 0.0335. The molecule has 1 aliphatic rings. The average molecular weight is 292 g/mol. The molecular weight excluding hydrogens is 268 g/mol. The molecule has 2 rings (SSSR count). The van der Waals surface area contributed by atoms with Crippen LogP contribution in [0.4, 0.5) is 0 Å². The Kier molecular flexibility index (Phi) is 4.69. The largest absolute Gasteiger partial charge is 0.469 e. The number of ether oxygens (including phenoxy) is 2. The summed E-state index contributed by atoms with van der Waals surface area (Å²) in [6.07, 6.45) is 1.40. The van der Waals surface area contributed by atoms with Gasteiger partial charge < -0.3 is 14.6 Å². The van der Waals surface area contributed by atoms with E-state index in [2.05, 4.69) is 0 Å². The molecule has 0 aromatic heterocycles. The van der Waals surface area contributed by atoms with Crippen LogP contribution in [0.25, 0.3) is 0 Å². The molecule has 4 nitrogen and oxygen atoms in total. The fourth-order valence-corrected chi connectivity index (χ4v) is 3.14. The van der Waals surface area contributed by atoms with Crippen molar-refractivity contribution in [1.82, 2.24) is 0 Å². The van der Waals surface area contributed by atoms with Crippen LogP contribution >= 0.6 is 0 Å². The van der Waals surface area contributed by atoms with E-state index in [1.165, 1.54) is 7.11 Å². The van der Waals surface area contributed by atoms with Crippen molar-refractivity contribution in [3.05, 3.63) is 35.9 Å². The lowest BCUT2D eigenvalue weighted by atomic mass is 9.71. The van der Waals surface area contributed by atoms with Gasteiger partial charge in [-0.2, -0.15) is 0 Å². The summed E-state index contributed by atoms with van der Waals surface area (Å²) < 4.78 is 10.5. The van der Waals surface area contributed by atoms with E-state index in [1.54, 1.807) is 0 Å². The Balaban J connectivity index is 2.34. The Labute approximate surface area is 126 Å². The van der Waals surface area contributed by atoms with E-state index in [4.69, 9.17) is 9.47 Å². The van der Waals surface area contributed by atoms with E-state index >= 15 is 0 Å². The molecule has 0 aliphatic carbocycles. The van der Waals surface area contributed by atoms with E-state index in [-0.39, 0.29) is 17.9 Å². The second-order valence-corrected chi connectivity index (χ2v) is 6.34. The molecule has 2 unspecified atom stereocenters. The summed E-state index contributed by atoms with van der Waals surface area (Å²) in [5.74, 6) is -0.437. The van der Waals surface area contributed by atoms with Crippen molar-refractivity contribution in [1.29, 1.82) is 0 Å². The second-order valence-electron chi connectivity index (χ2n) is 6.34. The minimum Gasteiger partial charge on any atom is -0.469 e. The van der Waals surface area contributed by atoms with Crippen molar-refractivity contribution in [3.63, 3.8) is 0 Å². The van der Waals surface area contributed by atoms with Crippen molar-refractivity contribution < 1.29 is 19.4 Å². The lowest BCUT2D eigenvalue weighted by molar-refractivity contribution is -0.160. The standard InChI is InChI=1S/C17H24O4/c1-16(2)11-14(9-10-21-16)17(19,12-15(18)20-3)13-7-5-4-6-8-13/h4-8,14,19H,9-12H2,1-3H3. The number of carbonyl (C=O) groups excluding carboxylic acids is 1. The van der Waals surface area contributed by atoms with Gasteiger partial charge in [0.25, 0.3) is 0 Å². The van der Waals surface area contributed by atoms with Crippen LogP contribution < -0.4 is 0 Å². The summed E-state index contributed by atoms with van der Waals surface area (Å²) in [7, 11) is 1.35. The highest BCUT2D eigenvalue weighted by molar-refractivity contribution is 5.71. The number of benzene rings is 1. The normalized spacial score (nSPS) is 24.1. The Hall–Kier alpha value is -1.39. The minimum atomic E-state index is -1.21. The number of hydrogen-bond acceptors (Lipinski definition) is 4. The topological polar surface area (TPSA) is 55.8 Å². The molecule has 1 heterocycles. The van der Waals surface area contributed by atoms with Crippen LogP contribution in [0.1, 0.15) is 38.7 Å². The third-order valence-corrected chi connectivity index (χ3v) is 4.29. The zero-order valence-electron chi connectivity index (χ0n) is 13.0. The second kappa shape index (κ2) is 6.16. The fraction of sp³-hybridized carbons (Fsp3) is 0.588. The molecule has 0 radical (unpaired) electrons. The zero-order chi connectivity index (χ0) is 15.5. The molecule has 1 N–H and O–H groups in total. The van der Waals surface area contributed by atoms with Gasteiger partial charge >= 0.3 is 5.97 Å². The molecule has 0 amide bonds. The molecule has 2 atom stereocenters. The lowest BCUT2D eigenvalue weighted by Gasteiger charge is -2.43. The Bertz CT molecular complexity index is 483. The number of aliphatic hydroxyl groups is 1. The van der Waals surface area contributed by atoms with Gasteiger partial charge in [0.15, 0.2) is 0 Å². The van der Waals surface area contributed by atoms with Gasteiger partial charge in [-0.3, -0.25) is 4.79 Å². The summed E-state index contributed by atoms with van der Waals surface area (Å²) >= 11 is 0. The number of hydrogen-bond donors (Lipinski definition) is 1. The Morgan fingerprint density at radius 3 is 2.67 bits per heavy atom. The van der Waals surface area contributed by atoms with Crippen molar-refractivity contribution in [2.45, 2.75) is 44.3 Å². The van der Waals surface area contributed by atoms with Gasteiger partial charge in [0.2, 0.25) is 0 Å². The Morgan fingerprint density at radius 1 is 1.43 bits per heavy atom. The van der Waals surface area contributed by atoms with Crippen molar-refractivity contribution in [3.8, 4) is 0 Å². The highest BCUT2D eigenvalue weighted by atomic mass is 16.5. The molecule has 116 valence electrons. The van der Waals surface area contributed by atoms with E-state index < -0.39 is 11.6 Å². The first kappa shape index (κ1) is 16.0. The molecule has 1 aromatic rings. The highest BCUT2D eigenvalue weighted by Gasteiger charge is 2.45. The average Bonchev–Trinajstić information content (AvgIpc) is 2.47. The first-order valence-electron chi connectivity index (χ1n) is 7.36. The summed E-state index contributed by atoms with van der Waals surface area (Å²) in [6, 6.07) is 9.39. The van der Waals surface area contributed by atoms with Crippen LogP contribution in [0.15, 0.2) is 30.3 Å². The van der Waals surface area contributed by atoms with Crippen LogP contribution in [0.3, 0.4) is 0 Å². The molecule has 21 heavy (non-hydrogen) atoms. The van der Waals surface area contributed by atoms with Crippen molar-refractivity contribution >= 4 is 5.97 Å². The first-order valence-corrected chi connectivity index (χ1v) is 7.36. The predicted octanol–water partition coefficient (Wildman–Crippen LogP) is 2.64. The molecule has 0 bridgehead atoms. The molecule has 1 aromatic carbocycles. The maximum absolute atomic E-state index is 11.8. The van der Waals surface area contributed by atoms with Crippen molar-refractivity contribution in [2.75, 3.05) is 13.7 Å². The van der Waals surface area contributed by atoms with E-state index in [0.717, 1.165) is 12.0 Å². The first-order chi connectivity index (χ1) is 9.87. The number of carbonyl (C=O) groups is 1. The van der Waals surface area contributed by atoms with E-state index in [9.17, 15) is 9.90 Å². The van der Waals surface area contributed by atoms with Gasteiger partial charge in [0.05, 0.1) is 19.1 Å². The van der Waals surface area contributed by atoms with Gasteiger partial charge in [-0.25, -0.2) is 0 Å². The third kappa shape index (κ3) is 3.63. The van der Waals surface area contributed by atoms with Crippen LogP contribution in [0.5, 0.6) is 0 Å². The van der Waals surface area contributed by atoms with E-state index in [1.807, 2.05) is 44.2 Å². The molecule has 1 fully saturated rings. The van der Waals surface area contributed by atoms with Crippen LogP contribution in [-0.4, -0.2) is 30.4 Å². The molecule has 0 saturated carbocycles. The molecular formula is C17H24O4. The van der Waals surface area contributed by atoms with Crippen LogP contribution in [0.2, 0.25) is 0 Å². The number of esters is 1. The molecule has 0 spiro atoms. The maximum atomic E-state index is 11.8. The van der Waals surface area contributed by atoms with Crippen LogP contribution in [0, 0.1) is 5.92 Å². The van der Waals surface area contributed by atoms with Gasteiger partial charge in [-0.05, 0) is 38.2 Å². The smallest absolute Gasteiger partial charge is 0.308 e. The highest BCUT2D eigenvalue weighted by Crippen LogP contribution is 2.43. The van der Waals surface area contributed by atoms with E-state index in [0.29, 0.717) is 13.0 Å². The molecule has 1 aliphatic heterocycles.